The Morgan fingerprint density at radius 1 is 1.32 bits per heavy atom. The normalized spacial score (nSPS) is 16.2. The first-order valence-corrected chi connectivity index (χ1v) is 9.22. The SMILES string of the molecule is Cl.Cl.Cn1ccnc1C1CNCCN1C(=O)c1csc(-c2ccccc2F)n1. The zero-order valence-corrected chi connectivity index (χ0v) is 17.5. The van der Waals surface area contributed by atoms with Crippen molar-refractivity contribution in [3.63, 3.8) is 0 Å². The highest BCUT2D eigenvalue weighted by molar-refractivity contribution is 7.13. The molecule has 2 aromatic heterocycles. The van der Waals surface area contributed by atoms with Crippen molar-refractivity contribution >= 4 is 42.1 Å². The number of piperazine rings is 1. The summed E-state index contributed by atoms with van der Waals surface area (Å²) in [4.78, 5) is 23.6. The highest BCUT2D eigenvalue weighted by Crippen LogP contribution is 2.28. The van der Waals surface area contributed by atoms with Crippen LogP contribution < -0.4 is 5.32 Å². The molecular weight excluding hydrogens is 424 g/mol. The molecule has 1 aliphatic heterocycles. The van der Waals surface area contributed by atoms with Crippen molar-refractivity contribution in [2.75, 3.05) is 19.6 Å². The molecule has 6 nitrogen and oxygen atoms in total. The second kappa shape index (κ2) is 9.47. The van der Waals surface area contributed by atoms with Gasteiger partial charge < -0.3 is 14.8 Å². The summed E-state index contributed by atoms with van der Waals surface area (Å²) in [5.41, 5.74) is 0.756. The van der Waals surface area contributed by atoms with E-state index in [0.717, 1.165) is 12.4 Å². The Morgan fingerprint density at radius 2 is 2.11 bits per heavy atom. The van der Waals surface area contributed by atoms with Gasteiger partial charge in [-0.3, -0.25) is 4.79 Å². The number of nitrogens with one attached hydrogen (secondary N) is 1. The quantitative estimate of drug-likeness (QED) is 0.674. The van der Waals surface area contributed by atoms with Crippen molar-refractivity contribution in [2.45, 2.75) is 6.04 Å². The zero-order chi connectivity index (χ0) is 18.1. The van der Waals surface area contributed by atoms with Crippen molar-refractivity contribution in [1.29, 1.82) is 0 Å². The molecule has 150 valence electrons. The molecule has 4 rings (SSSR count). The summed E-state index contributed by atoms with van der Waals surface area (Å²) in [5.74, 6) is 0.336. The molecule has 0 bridgehead atoms. The van der Waals surface area contributed by atoms with Crippen LogP contribution in [0.15, 0.2) is 42.0 Å². The predicted octanol–water partition coefficient (Wildman–Crippen LogP) is 3.31. The Labute approximate surface area is 178 Å². The van der Waals surface area contributed by atoms with Gasteiger partial charge >= 0.3 is 0 Å². The highest BCUT2D eigenvalue weighted by atomic mass is 35.5. The third kappa shape index (κ3) is 4.20. The number of aryl methyl sites for hydroxylation is 1. The summed E-state index contributed by atoms with van der Waals surface area (Å²) in [7, 11) is 1.92. The number of thiazole rings is 1. The molecule has 1 unspecified atom stereocenters. The molecule has 3 aromatic rings. The number of nitrogens with zero attached hydrogens (tertiary/aromatic N) is 4. The Morgan fingerprint density at radius 3 is 2.82 bits per heavy atom. The van der Waals surface area contributed by atoms with Crippen LogP contribution in [0, 0.1) is 5.82 Å². The van der Waals surface area contributed by atoms with Gasteiger partial charge in [0.1, 0.15) is 28.4 Å². The Hall–Kier alpha value is -2.00. The molecule has 1 saturated heterocycles. The van der Waals surface area contributed by atoms with Gasteiger partial charge in [-0.25, -0.2) is 14.4 Å². The topological polar surface area (TPSA) is 63.1 Å². The highest BCUT2D eigenvalue weighted by Gasteiger charge is 2.32. The van der Waals surface area contributed by atoms with Crippen molar-refractivity contribution in [2.24, 2.45) is 7.05 Å². The average Bonchev–Trinajstić information content (AvgIpc) is 3.31. The lowest BCUT2D eigenvalue weighted by atomic mass is 10.1. The van der Waals surface area contributed by atoms with Crippen LogP contribution in [-0.2, 0) is 7.05 Å². The number of carbonyl (C=O) groups is 1. The number of hydrogen-bond acceptors (Lipinski definition) is 5. The molecule has 1 aliphatic rings. The van der Waals surface area contributed by atoms with Crippen molar-refractivity contribution < 1.29 is 9.18 Å². The lowest BCUT2D eigenvalue weighted by Gasteiger charge is -2.35. The number of amides is 1. The van der Waals surface area contributed by atoms with E-state index in [4.69, 9.17) is 0 Å². The maximum atomic E-state index is 14.0. The van der Waals surface area contributed by atoms with E-state index in [0.29, 0.717) is 29.4 Å². The molecule has 28 heavy (non-hydrogen) atoms. The molecule has 1 amide bonds. The lowest BCUT2D eigenvalue weighted by Crippen LogP contribution is -2.49. The number of benzene rings is 1. The van der Waals surface area contributed by atoms with E-state index in [-0.39, 0.29) is 42.6 Å². The number of halogens is 3. The first kappa shape index (κ1) is 22.3. The predicted molar refractivity (Wildman–Crippen MR) is 112 cm³/mol. The second-order valence-electron chi connectivity index (χ2n) is 6.13. The number of aromatic nitrogens is 3. The molecule has 0 aliphatic carbocycles. The molecule has 1 atom stereocenters. The van der Waals surface area contributed by atoms with Crippen LogP contribution in [0.4, 0.5) is 4.39 Å². The molecule has 0 radical (unpaired) electrons. The van der Waals surface area contributed by atoms with Crippen LogP contribution in [0.2, 0.25) is 0 Å². The summed E-state index contributed by atoms with van der Waals surface area (Å²) in [6.07, 6.45) is 3.59. The van der Waals surface area contributed by atoms with Crippen LogP contribution in [0.5, 0.6) is 0 Å². The number of carbonyl (C=O) groups excluding carboxylic acids is 1. The fraction of sp³-hybridized carbons (Fsp3) is 0.278. The first-order valence-electron chi connectivity index (χ1n) is 8.34. The zero-order valence-electron chi connectivity index (χ0n) is 15.0. The van der Waals surface area contributed by atoms with Crippen LogP contribution >= 0.6 is 36.2 Å². The van der Waals surface area contributed by atoms with Gasteiger partial charge in [-0.15, -0.1) is 36.2 Å². The molecule has 1 N–H and O–H groups in total. The minimum absolute atomic E-state index is 0. The number of hydrogen-bond donors (Lipinski definition) is 1. The summed E-state index contributed by atoms with van der Waals surface area (Å²) in [5, 5.41) is 5.52. The van der Waals surface area contributed by atoms with Gasteiger partial charge in [0.15, 0.2) is 0 Å². The minimum Gasteiger partial charge on any atom is -0.336 e. The lowest BCUT2D eigenvalue weighted by molar-refractivity contribution is 0.0615. The van der Waals surface area contributed by atoms with Crippen molar-refractivity contribution in [1.82, 2.24) is 24.8 Å². The van der Waals surface area contributed by atoms with Crippen LogP contribution in [0.3, 0.4) is 0 Å². The summed E-state index contributed by atoms with van der Waals surface area (Å²) in [6, 6.07) is 6.30. The van der Waals surface area contributed by atoms with Gasteiger partial charge in [0, 0.05) is 50.0 Å². The van der Waals surface area contributed by atoms with Crippen LogP contribution in [0.25, 0.3) is 10.6 Å². The number of rotatable bonds is 3. The van der Waals surface area contributed by atoms with E-state index in [9.17, 15) is 9.18 Å². The molecule has 0 saturated carbocycles. The Balaban J connectivity index is 0.00000140. The molecular formula is C18H20Cl2FN5OS. The minimum atomic E-state index is -0.339. The van der Waals surface area contributed by atoms with E-state index in [1.54, 1.807) is 34.7 Å². The van der Waals surface area contributed by atoms with E-state index in [1.165, 1.54) is 17.4 Å². The fourth-order valence-corrected chi connectivity index (χ4v) is 3.97. The van der Waals surface area contributed by atoms with Gasteiger partial charge in [0.05, 0.1) is 0 Å². The molecule has 0 spiro atoms. The Bertz CT molecular complexity index is 947. The van der Waals surface area contributed by atoms with Crippen LogP contribution in [-0.4, -0.2) is 45.0 Å². The van der Waals surface area contributed by atoms with Gasteiger partial charge in [0.25, 0.3) is 5.91 Å². The van der Waals surface area contributed by atoms with Crippen LogP contribution in [0.1, 0.15) is 22.4 Å². The monoisotopic (exact) mass is 443 g/mol. The molecule has 10 heteroatoms. The second-order valence-corrected chi connectivity index (χ2v) is 6.99. The van der Waals surface area contributed by atoms with E-state index >= 15 is 0 Å². The van der Waals surface area contributed by atoms with Gasteiger partial charge in [-0.05, 0) is 12.1 Å². The molecule has 1 fully saturated rings. The van der Waals surface area contributed by atoms with Gasteiger partial charge in [-0.2, -0.15) is 0 Å². The standard InChI is InChI=1S/C18H18FN5OS.2ClH/c1-23-8-7-21-16(23)15-10-20-6-9-24(15)18(25)14-11-26-17(22-14)12-4-2-3-5-13(12)19;;/h2-5,7-8,11,15,20H,6,9-10H2,1H3;2*1H. The maximum Gasteiger partial charge on any atom is 0.274 e. The third-order valence-electron chi connectivity index (χ3n) is 4.49. The number of imidazole rings is 1. The largest absolute Gasteiger partial charge is 0.336 e. The fourth-order valence-electron chi connectivity index (χ4n) is 3.15. The summed E-state index contributed by atoms with van der Waals surface area (Å²) in [6.45, 7) is 1.93. The maximum absolute atomic E-state index is 14.0. The first-order chi connectivity index (χ1) is 12.6. The Kier molecular flexibility index (Phi) is 7.54. The summed E-state index contributed by atoms with van der Waals surface area (Å²) < 4.78 is 15.9. The van der Waals surface area contributed by atoms with Crippen molar-refractivity contribution in [3.8, 4) is 10.6 Å². The summed E-state index contributed by atoms with van der Waals surface area (Å²) >= 11 is 1.28. The molecule has 1 aromatic carbocycles. The average molecular weight is 444 g/mol. The van der Waals surface area contributed by atoms with Crippen molar-refractivity contribution in [3.05, 3.63) is 59.4 Å². The third-order valence-corrected chi connectivity index (χ3v) is 5.36. The van der Waals surface area contributed by atoms with E-state index < -0.39 is 0 Å². The van der Waals surface area contributed by atoms with E-state index in [1.807, 2.05) is 17.8 Å². The molecule has 3 heterocycles. The van der Waals surface area contributed by atoms with Gasteiger partial charge in [0.2, 0.25) is 0 Å². The van der Waals surface area contributed by atoms with Gasteiger partial charge in [-0.1, -0.05) is 12.1 Å². The smallest absolute Gasteiger partial charge is 0.274 e. The van der Waals surface area contributed by atoms with E-state index in [2.05, 4.69) is 15.3 Å².